The first-order valence-corrected chi connectivity index (χ1v) is 6.82. The molecular weight excluding hydrogens is 248 g/mol. The summed E-state index contributed by atoms with van der Waals surface area (Å²) in [5, 5.41) is 0. The Hall–Kier alpha value is -2.29. The molecule has 3 heteroatoms. The summed E-state index contributed by atoms with van der Waals surface area (Å²) in [4.78, 5) is 7.94. The second-order valence-corrected chi connectivity index (χ2v) is 5.17. The van der Waals surface area contributed by atoms with Crippen LogP contribution in [0.3, 0.4) is 0 Å². The van der Waals surface area contributed by atoms with Gasteiger partial charge in [-0.1, -0.05) is 24.3 Å². The third-order valence-electron chi connectivity index (χ3n) is 3.44. The number of aryl methyl sites for hydroxylation is 2. The molecule has 3 nitrogen and oxygen atoms in total. The van der Waals surface area contributed by atoms with Crippen LogP contribution in [0.4, 0.5) is 0 Å². The van der Waals surface area contributed by atoms with Gasteiger partial charge in [-0.15, -0.1) is 0 Å². The molecule has 0 saturated carbocycles. The Balaban J connectivity index is 1.89. The number of benzene rings is 2. The molecule has 0 fully saturated rings. The smallest absolute Gasteiger partial charge is 0.153 e. The normalized spacial score (nSPS) is 12.6. The molecular formula is C17H18N2O. The van der Waals surface area contributed by atoms with Crippen molar-refractivity contribution in [1.82, 2.24) is 9.97 Å². The number of nitrogens with one attached hydrogen (secondary N) is 1. The predicted molar refractivity (Wildman–Crippen MR) is 81.1 cm³/mol. The molecule has 0 aliphatic carbocycles. The van der Waals surface area contributed by atoms with E-state index in [0.29, 0.717) is 0 Å². The Morgan fingerprint density at radius 1 is 1.10 bits per heavy atom. The summed E-state index contributed by atoms with van der Waals surface area (Å²) >= 11 is 0. The lowest BCUT2D eigenvalue weighted by Gasteiger charge is -2.14. The molecule has 0 aliphatic rings. The largest absolute Gasteiger partial charge is 0.483 e. The summed E-state index contributed by atoms with van der Waals surface area (Å²) in [7, 11) is 0. The van der Waals surface area contributed by atoms with Crippen molar-refractivity contribution in [3.63, 3.8) is 0 Å². The van der Waals surface area contributed by atoms with Crippen molar-refractivity contribution < 1.29 is 4.74 Å². The van der Waals surface area contributed by atoms with Gasteiger partial charge in [0.15, 0.2) is 6.10 Å². The second kappa shape index (κ2) is 5.00. The van der Waals surface area contributed by atoms with Gasteiger partial charge in [0.05, 0.1) is 11.0 Å². The summed E-state index contributed by atoms with van der Waals surface area (Å²) in [6.45, 7) is 6.13. The fourth-order valence-electron chi connectivity index (χ4n) is 2.27. The maximum Gasteiger partial charge on any atom is 0.153 e. The number of H-pyrrole nitrogens is 1. The van der Waals surface area contributed by atoms with Crippen molar-refractivity contribution in [2.45, 2.75) is 26.9 Å². The van der Waals surface area contributed by atoms with E-state index in [1.165, 1.54) is 5.56 Å². The fraction of sp³-hybridized carbons (Fsp3) is 0.235. The van der Waals surface area contributed by atoms with E-state index in [0.717, 1.165) is 28.2 Å². The van der Waals surface area contributed by atoms with Crippen LogP contribution in [0.25, 0.3) is 11.0 Å². The zero-order valence-corrected chi connectivity index (χ0v) is 12.0. The zero-order chi connectivity index (χ0) is 14.1. The number of hydrogen-bond donors (Lipinski definition) is 1. The lowest BCUT2D eigenvalue weighted by Crippen LogP contribution is -2.05. The third kappa shape index (κ3) is 2.39. The number of hydrogen-bond acceptors (Lipinski definition) is 2. The average molecular weight is 266 g/mol. The van der Waals surface area contributed by atoms with Gasteiger partial charge < -0.3 is 9.72 Å². The number of para-hydroxylation sites is 1. The van der Waals surface area contributed by atoms with Crippen LogP contribution < -0.4 is 4.74 Å². The van der Waals surface area contributed by atoms with Crippen molar-refractivity contribution in [2.75, 3.05) is 0 Å². The van der Waals surface area contributed by atoms with Crippen LogP contribution >= 0.6 is 0 Å². The van der Waals surface area contributed by atoms with Crippen molar-refractivity contribution in [1.29, 1.82) is 0 Å². The topological polar surface area (TPSA) is 37.9 Å². The lowest BCUT2D eigenvalue weighted by atomic mass is 10.2. The van der Waals surface area contributed by atoms with E-state index in [4.69, 9.17) is 4.74 Å². The highest BCUT2D eigenvalue weighted by molar-refractivity contribution is 5.75. The van der Waals surface area contributed by atoms with Gasteiger partial charge in [0.25, 0.3) is 0 Å². The van der Waals surface area contributed by atoms with Crippen LogP contribution in [0, 0.1) is 13.8 Å². The van der Waals surface area contributed by atoms with Crippen molar-refractivity contribution in [3.05, 3.63) is 59.4 Å². The number of imidazole rings is 1. The molecule has 2 aromatic carbocycles. The molecule has 0 amide bonds. The average Bonchev–Trinajstić information content (AvgIpc) is 2.84. The Morgan fingerprint density at radius 2 is 1.90 bits per heavy atom. The minimum atomic E-state index is -0.108. The van der Waals surface area contributed by atoms with Gasteiger partial charge in [0.1, 0.15) is 11.6 Å². The highest BCUT2D eigenvalue weighted by atomic mass is 16.5. The molecule has 1 heterocycles. The second-order valence-electron chi connectivity index (χ2n) is 5.17. The molecule has 3 aromatic rings. The van der Waals surface area contributed by atoms with Gasteiger partial charge in [0, 0.05) is 0 Å². The highest BCUT2D eigenvalue weighted by Gasteiger charge is 2.13. The van der Waals surface area contributed by atoms with Crippen molar-refractivity contribution >= 4 is 11.0 Å². The number of rotatable bonds is 3. The quantitative estimate of drug-likeness (QED) is 0.766. The van der Waals surface area contributed by atoms with Crippen molar-refractivity contribution in [3.8, 4) is 5.75 Å². The van der Waals surface area contributed by atoms with Gasteiger partial charge in [-0.3, -0.25) is 0 Å². The van der Waals surface area contributed by atoms with Gasteiger partial charge in [-0.2, -0.15) is 0 Å². The summed E-state index contributed by atoms with van der Waals surface area (Å²) in [6, 6.07) is 14.2. The SMILES string of the molecule is Cc1ccc2nc([C@H](C)Oc3ccccc3C)[nH]c2c1. The summed E-state index contributed by atoms with van der Waals surface area (Å²) in [5.41, 5.74) is 4.39. The molecule has 102 valence electrons. The zero-order valence-electron chi connectivity index (χ0n) is 12.0. The first kappa shape index (κ1) is 12.7. The number of nitrogens with zero attached hydrogens (tertiary/aromatic N) is 1. The lowest BCUT2D eigenvalue weighted by molar-refractivity contribution is 0.216. The summed E-state index contributed by atoms with van der Waals surface area (Å²) in [6.07, 6.45) is -0.108. The molecule has 0 unspecified atom stereocenters. The first-order valence-electron chi connectivity index (χ1n) is 6.82. The van der Waals surface area contributed by atoms with Crippen LogP contribution in [0.5, 0.6) is 5.75 Å². The highest BCUT2D eigenvalue weighted by Crippen LogP contribution is 2.24. The Labute approximate surface area is 118 Å². The summed E-state index contributed by atoms with van der Waals surface area (Å²) < 4.78 is 6.00. The van der Waals surface area contributed by atoms with E-state index in [9.17, 15) is 0 Å². The maximum atomic E-state index is 6.00. The van der Waals surface area contributed by atoms with E-state index in [2.05, 4.69) is 29.0 Å². The number of ether oxygens (including phenoxy) is 1. The molecule has 1 atom stereocenters. The van der Waals surface area contributed by atoms with Crippen LogP contribution in [0.1, 0.15) is 30.0 Å². The molecule has 0 bridgehead atoms. The van der Waals surface area contributed by atoms with E-state index >= 15 is 0 Å². The van der Waals surface area contributed by atoms with E-state index in [1.807, 2.05) is 44.2 Å². The van der Waals surface area contributed by atoms with Gasteiger partial charge in [0.2, 0.25) is 0 Å². The van der Waals surface area contributed by atoms with Crippen LogP contribution in [0.2, 0.25) is 0 Å². The molecule has 0 saturated heterocycles. The van der Waals surface area contributed by atoms with Gasteiger partial charge >= 0.3 is 0 Å². The number of aromatic amines is 1. The van der Waals surface area contributed by atoms with Gasteiger partial charge in [-0.05, 0) is 50.1 Å². The number of fused-ring (bicyclic) bond motifs is 1. The van der Waals surface area contributed by atoms with E-state index in [1.54, 1.807) is 0 Å². The molecule has 1 aromatic heterocycles. The Kier molecular flexibility index (Phi) is 3.18. The van der Waals surface area contributed by atoms with Crippen LogP contribution in [0.15, 0.2) is 42.5 Å². The minimum absolute atomic E-state index is 0.108. The van der Waals surface area contributed by atoms with Crippen LogP contribution in [-0.2, 0) is 0 Å². The van der Waals surface area contributed by atoms with E-state index in [-0.39, 0.29) is 6.10 Å². The molecule has 1 N–H and O–H groups in total. The molecule has 0 spiro atoms. The monoisotopic (exact) mass is 266 g/mol. The standard InChI is InChI=1S/C17H18N2O/c1-11-8-9-14-15(10-11)19-17(18-14)13(3)20-16-7-5-4-6-12(16)2/h4-10,13H,1-3H3,(H,18,19)/t13-/m0/s1. The van der Waals surface area contributed by atoms with Gasteiger partial charge in [-0.25, -0.2) is 4.98 Å². The molecule has 3 rings (SSSR count). The van der Waals surface area contributed by atoms with Crippen molar-refractivity contribution in [2.24, 2.45) is 0 Å². The summed E-state index contributed by atoms with van der Waals surface area (Å²) in [5.74, 6) is 1.76. The third-order valence-corrected chi connectivity index (χ3v) is 3.44. The van der Waals surface area contributed by atoms with E-state index < -0.39 is 0 Å². The Morgan fingerprint density at radius 3 is 2.70 bits per heavy atom. The van der Waals surface area contributed by atoms with Crippen LogP contribution in [-0.4, -0.2) is 9.97 Å². The number of aromatic nitrogens is 2. The molecule has 0 radical (unpaired) electrons. The molecule has 0 aliphatic heterocycles. The predicted octanol–water partition coefficient (Wildman–Crippen LogP) is 4.32. The first-order chi connectivity index (χ1) is 9.63. The fourth-order valence-corrected chi connectivity index (χ4v) is 2.27. The minimum Gasteiger partial charge on any atom is -0.483 e. The molecule has 20 heavy (non-hydrogen) atoms. The Bertz CT molecular complexity index is 746. The maximum absolute atomic E-state index is 6.00.